The molecule has 0 aromatic carbocycles. The average molecular weight is 214 g/mol. The van der Waals surface area contributed by atoms with Gasteiger partial charge in [-0.25, -0.2) is 0 Å². The average Bonchev–Trinajstić information content (AvgIpc) is 2.64. The maximum atomic E-state index is 8.65. The molecule has 0 saturated carbocycles. The Hall–Kier alpha value is -0.810. The van der Waals surface area contributed by atoms with Crippen LogP contribution in [0.1, 0.15) is 19.3 Å². The fraction of sp³-hybridized carbons (Fsp3) is 0.900. The summed E-state index contributed by atoms with van der Waals surface area (Å²) in [5.41, 5.74) is 5.65. The normalized spacial score (nSPS) is 23.9. The van der Waals surface area contributed by atoms with Crippen LogP contribution in [0.2, 0.25) is 0 Å². The van der Waals surface area contributed by atoms with Gasteiger partial charge in [-0.3, -0.25) is 4.90 Å². The molecule has 1 atom stereocenters. The molecule has 15 heavy (non-hydrogen) atoms. The highest BCUT2D eigenvalue weighted by Gasteiger charge is 2.27. The Kier molecular flexibility index (Phi) is 4.84. The molecule has 1 aliphatic rings. The van der Waals surface area contributed by atoms with Crippen molar-refractivity contribution in [3.05, 3.63) is 0 Å². The zero-order valence-electron chi connectivity index (χ0n) is 9.69. The van der Waals surface area contributed by atoms with Crippen molar-refractivity contribution in [3.63, 3.8) is 0 Å². The molecule has 1 unspecified atom stereocenters. The molecule has 1 fully saturated rings. The summed E-state index contributed by atoms with van der Waals surface area (Å²) in [7, 11) is 4.15. The fourth-order valence-corrected chi connectivity index (χ4v) is 2.09. The van der Waals surface area contributed by atoms with Crippen molar-refractivity contribution in [1.29, 1.82) is 0 Å². The Morgan fingerprint density at radius 3 is 2.93 bits per heavy atom. The summed E-state index contributed by atoms with van der Waals surface area (Å²) in [5.74, 6) is 0.359. The minimum atomic E-state index is 0.150. The van der Waals surface area contributed by atoms with Gasteiger partial charge in [0.25, 0.3) is 0 Å². The largest absolute Gasteiger partial charge is 0.409 e. The van der Waals surface area contributed by atoms with Gasteiger partial charge in [0.1, 0.15) is 0 Å². The zero-order valence-corrected chi connectivity index (χ0v) is 9.69. The first kappa shape index (κ1) is 12.3. The number of hydrogen-bond acceptors (Lipinski definition) is 4. The van der Waals surface area contributed by atoms with E-state index in [0.29, 0.717) is 5.84 Å². The van der Waals surface area contributed by atoms with E-state index in [4.69, 9.17) is 10.9 Å². The second-order valence-corrected chi connectivity index (χ2v) is 4.38. The molecule has 0 aromatic heterocycles. The van der Waals surface area contributed by atoms with Gasteiger partial charge in [0.05, 0.1) is 6.04 Å². The molecule has 3 N–H and O–H groups in total. The van der Waals surface area contributed by atoms with Gasteiger partial charge in [0.2, 0.25) is 0 Å². The summed E-state index contributed by atoms with van der Waals surface area (Å²) in [4.78, 5) is 4.48. The first-order valence-electron chi connectivity index (χ1n) is 5.51. The molecule has 0 bridgehead atoms. The summed E-state index contributed by atoms with van der Waals surface area (Å²) >= 11 is 0. The maximum Gasteiger partial charge on any atom is 0.156 e. The number of nitrogens with zero attached hydrogens (tertiary/aromatic N) is 3. The first-order chi connectivity index (χ1) is 7.15. The smallest absolute Gasteiger partial charge is 0.156 e. The Labute approximate surface area is 91.5 Å². The van der Waals surface area contributed by atoms with Gasteiger partial charge >= 0.3 is 0 Å². The Morgan fingerprint density at radius 1 is 1.60 bits per heavy atom. The van der Waals surface area contributed by atoms with Gasteiger partial charge < -0.3 is 15.8 Å². The molecule has 88 valence electrons. The van der Waals surface area contributed by atoms with E-state index in [1.54, 1.807) is 0 Å². The monoisotopic (exact) mass is 214 g/mol. The van der Waals surface area contributed by atoms with E-state index in [2.05, 4.69) is 29.1 Å². The van der Waals surface area contributed by atoms with E-state index in [9.17, 15) is 0 Å². The predicted molar refractivity (Wildman–Crippen MR) is 61.2 cm³/mol. The SMILES string of the molecule is CN(C)CCCN1CCCC1C(N)=NO. The van der Waals surface area contributed by atoms with Crippen LogP contribution in [0.15, 0.2) is 5.16 Å². The number of amidine groups is 1. The van der Waals surface area contributed by atoms with Gasteiger partial charge in [-0.1, -0.05) is 5.16 Å². The van der Waals surface area contributed by atoms with E-state index >= 15 is 0 Å². The summed E-state index contributed by atoms with van der Waals surface area (Å²) in [6.07, 6.45) is 3.28. The lowest BCUT2D eigenvalue weighted by Gasteiger charge is -2.23. The summed E-state index contributed by atoms with van der Waals surface area (Å²) in [5, 5.41) is 11.8. The van der Waals surface area contributed by atoms with Crippen molar-refractivity contribution >= 4 is 5.84 Å². The number of nitrogens with two attached hydrogens (primary N) is 1. The fourth-order valence-electron chi connectivity index (χ4n) is 2.09. The van der Waals surface area contributed by atoms with Crippen LogP contribution < -0.4 is 5.73 Å². The van der Waals surface area contributed by atoms with E-state index < -0.39 is 0 Å². The molecular formula is C10H22N4O. The molecule has 0 radical (unpaired) electrons. The summed E-state index contributed by atoms with van der Waals surface area (Å²) < 4.78 is 0. The molecule has 0 aliphatic carbocycles. The first-order valence-corrected chi connectivity index (χ1v) is 5.51. The standard InChI is InChI=1S/C10H22N4O/c1-13(2)6-4-8-14-7-3-5-9(14)10(11)12-15/h9,15H,3-8H2,1-2H3,(H2,11,12). The number of likely N-dealkylation sites (tertiary alicyclic amines) is 1. The second-order valence-electron chi connectivity index (χ2n) is 4.38. The van der Waals surface area contributed by atoms with Gasteiger partial charge in [-0.2, -0.15) is 0 Å². The van der Waals surface area contributed by atoms with Gasteiger partial charge in [0, 0.05) is 6.54 Å². The highest BCUT2D eigenvalue weighted by atomic mass is 16.4. The van der Waals surface area contributed by atoms with Crippen LogP contribution in [0.4, 0.5) is 0 Å². The Balaban J connectivity index is 2.33. The molecule has 0 amide bonds. The summed E-state index contributed by atoms with van der Waals surface area (Å²) in [6.45, 7) is 3.17. The van der Waals surface area contributed by atoms with Crippen LogP contribution in [0.3, 0.4) is 0 Å². The van der Waals surface area contributed by atoms with Crippen molar-refractivity contribution in [3.8, 4) is 0 Å². The Morgan fingerprint density at radius 2 is 2.33 bits per heavy atom. The third-order valence-electron chi connectivity index (χ3n) is 2.87. The zero-order chi connectivity index (χ0) is 11.3. The van der Waals surface area contributed by atoms with Crippen molar-refractivity contribution < 1.29 is 5.21 Å². The van der Waals surface area contributed by atoms with Crippen molar-refractivity contribution in [2.24, 2.45) is 10.9 Å². The highest BCUT2D eigenvalue weighted by Crippen LogP contribution is 2.17. The van der Waals surface area contributed by atoms with Crippen LogP contribution in [-0.4, -0.2) is 60.6 Å². The van der Waals surface area contributed by atoms with Crippen LogP contribution in [0.5, 0.6) is 0 Å². The van der Waals surface area contributed by atoms with E-state index in [-0.39, 0.29) is 6.04 Å². The van der Waals surface area contributed by atoms with Crippen molar-refractivity contribution in [1.82, 2.24) is 9.80 Å². The molecule has 0 aromatic rings. The minimum absolute atomic E-state index is 0.150. The predicted octanol–water partition coefficient (Wildman–Crippen LogP) is 0.149. The Bertz CT molecular complexity index is 217. The van der Waals surface area contributed by atoms with Gasteiger partial charge in [-0.05, 0) is 46.4 Å². The molecule has 1 saturated heterocycles. The second kappa shape index (κ2) is 5.92. The minimum Gasteiger partial charge on any atom is -0.409 e. The molecule has 1 rings (SSSR count). The molecule has 5 nitrogen and oxygen atoms in total. The number of hydrogen-bond donors (Lipinski definition) is 2. The van der Waals surface area contributed by atoms with Crippen LogP contribution in [-0.2, 0) is 0 Å². The number of oxime groups is 1. The quantitative estimate of drug-likeness (QED) is 0.296. The van der Waals surface area contributed by atoms with E-state index in [0.717, 1.165) is 38.9 Å². The third kappa shape index (κ3) is 3.68. The third-order valence-corrected chi connectivity index (χ3v) is 2.87. The van der Waals surface area contributed by atoms with Crippen LogP contribution in [0, 0.1) is 0 Å². The highest BCUT2D eigenvalue weighted by molar-refractivity contribution is 5.85. The lowest BCUT2D eigenvalue weighted by molar-refractivity contribution is 0.265. The molecule has 5 heteroatoms. The molecule has 1 aliphatic heterocycles. The lowest BCUT2D eigenvalue weighted by Crippen LogP contribution is -2.41. The number of rotatable bonds is 5. The molecule has 1 heterocycles. The molecular weight excluding hydrogens is 192 g/mol. The van der Waals surface area contributed by atoms with Gasteiger partial charge in [0.15, 0.2) is 5.84 Å². The lowest BCUT2D eigenvalue weighted by atomic mass is 10.2. The van der Waals surface area contributed by atoms with E-state index in [1.807, 2.05) is 0 Å². The van der Waals surface area contributed by atoms with E-state index in [1.165, 1.54) is 0 Å². The molecule has 0 spiro atoms. The van der Waals surface area contributed by atoms with Crippen LogP contribution >= 0.6 is 0 Å². The topological polar surface area (TPSA) is 65.1 Å². The van der Waals surface area contributed by atoms with Gasteiger partial charge in [-0.15, -0.1) is 0 Å². The summed E-state index contributed by atoms with van der Waals surface area (Å²) in [6, 6.07) is 0.150. The van der Waals surface area contributed by atoms with Crippen molar-refractivity contribution in [2.75, 3.05) is 33.7 Å². The van der Waals surface area contributed by atoms with Crippen molar-refractivity contribution in [2.45, 2.75) is 25.3 Å². The maximum absolute atomic E-state index is 8.65. The van der Waals surface area contributed by atoms with Crippen LogP contribution in [0.25, 0.3) is 0 Å².